The van der Waals surface area contributed by atoms with Crippen molar-refractivity contribution >= 4 is 28.8 Å². The molecule has 3 aromatic heterocycles. The van der Waals surface area contributed by atoms with E-state index in [0.717, 1.165) is 40.6 Å². The van der Waals surface area contributed by atoms with Crippen LogP contribution >= 0.6 is 0 Å². The molecule has 14 heteroatoms. The third-order valence-electron chi connectivity index (χ3n) is 7.64. The van der Waals surface area contributed by atoms with Crippen molar-refractivity contribution in [1.82, 2.24) is 50.2 Å². The highest BCUT2D eigenvalue weighted by atomic mass is 16.5. The lowest BCUT2D eigenvalue weighted by atomic mass is 10.0. The average molecular weight is 582 g/mol. The van der Waals surface area contributed by atoms with E-state index in [1.165, 1.54) is 12.7 Å². The number of piperidine rings is 1. The minimum atomic E-state index is -0.274. The molecule has 4 heterocycles. The maximum atomic E-state index is 13.1. The summed E-state index contributed by atoms with van der Waals surface area (Å²) in [4.78, 5) is 36.4. The molecule has 1 aliphatic heterocycles. The number of rotatable bonds is 7. The molecule has 0 saturated carbocycles. The van der Waals surface area contributed by atoms with Crippen LogP contribution in [-0.2, 0) is 13.1 Å². The van der Waals surface area contributed by atoms with Crippen LogP contribution < -0.4 is 15.8 Å². The lowest BCUT2D eigenvalue weighted by Crippen LogP contribution is -2.47. The van der Waals surface area contributed by atoms with Crippen molar-refractivity contribution in [3.8, 4) is 17.0 Å². The number of nitrogens with one attached hydrogen (secondary N) is 1. The van der Waals surface area contributed by atoms with Crippen LogP contribution in [0.5, 0.6) is 5.75 Å². The lowest BCUT2D eigenvalue weighted by molar-refractivity contribution is 0.0947. The predicted molar refractivity (Wildman–Crippen MR) is 157 cm³/mol. The van der Waals surface area contributed by atoms with Crippen LogP contribution in [0.25, 0.3) is 22.3 Å². The number of fused-ring (bicyclic) bond motifs is 1. The molecule has 0 bridgehead atoms. The summed E-state index contributed by atoms with van der Waals surface area (Å²) in [6.07, 6.45) is 5.41. The number of likely N-dealkylation sites (tertiary alicyclic amines) is 1. The number of nitrogens with zero attached hydrogens (tertiary/aromatic N) is 9. The van der Waals surface area contributed by atoms with Crippen molar-refractivity contribution in [3.05, 3.63) is 71.8 Å². The number of anilines is 1. The van der Waals surface area contributed by atoms with Crippen LogP contribution in [0.2, 0.25) is 0 Å². The minimum absolute atomic E-state index is 0.129. The van der Waals surface area contributed by atoms with Crippen molar-refractivity contribution in [2.45, 2.75) is 45.3 Å². The second-order valence-electron chi connectivity index (χ2n) is 10.5. The van der Waals surface area contributed by atoms with Gasteiger partial charge in [-0.15, -0.1) is 9.78 Å². The zero-order valence-corrected chi connectivity index (χ0v) is 23.8. The van der Waals surface area contributed by atoms with Gasteiger partial charge in [-0.05, 0) is 54.3 Å². The van der Waals surface area contributed by atoms with Gasteiger partial charge in [0.15, 0.2) is 5.65 Å². The number of aromatic nitrogens is 8. The number of tetrazole rings is 1. The normalized spacial score (nSPS) is 15.0. The number of amides is 2. The van der Waals surface area contributed by atoms with E-state index in [-0.39, 0.29) is 18.0 Å². The average Bonchev–Trinajstić information content (AvgIpc) is 3.70. The molecule has 43 heavy (non-hydrogen) atoms. The molecular formula is C29H31N11O3. The highest BCUT2D eigenvalue weighted by molar-refractivity contribution is 5.98. The first-order valence-electron chi connectivity index (χ1n) is 14.0. The Morgan fingerprint density at radius 1 is 1.12 bits per heavy atom. The summed E-state index contributed by atoms with van der Waals surface area (Å²) in [6.45, 7) is 3.29. The molecule has 14 nitrogen and oxygen atoms in total. The molecule has 2 aromatic carbocycles. The first-order valence-corrected chi connectivity index (χ1v) is 14.0. The first-order chi connectivity index (χ1) is 20.9. The molecular weight excluding hydrogens is 550 g/mol. The summed E-state index contributed by atoms with van der Waals surface area (Å²) in [5, 5.41) is 19.5. The Morgan fingerprint density at radius 3 is 2.72 bits per heavy atom. The molecule has 0 aliphatic carbocycles. The van der Waals surface area contributed by atoms with Gasteiger partial charge in [-0.2, -0.15) is 5.10 Å². The maximum absolute atomic E-state index is 13.1. The molecule has 1 saturated heterocycles. The van der Waals surface area contributed by atoms with E-state index in [1.54, 1.807) is 28.8 Å². The second-order valence-corrected chi connectivity index (χ2v) is 10.5. The van der Waals surface area contributed by atoms with E-state index >= 15 is 0 Å². The Labute approximate surface area is 246 Å². The summed E-state index contributed by atoms with van der Waals surface area (Å²) in [6, 6.07) is 12.8. The Hall–Kier alpha value is -5.40. The van der Waals surface area contributed by atoms with Gasteiger partial charge in [0, 0.05) is 18.7 Å². The van der Waals surface area contributed by atoms with Crippen LogP contribution in [-0.4, -0.2) is 76.5 Å². The van der Waals surface area contributed by atoms with Crippen LogP contribution in [0.4, 0.5) is 10.6 Å². The van der Waals surface area contributed by atoms with Crippen molar-refractivity contribution in [2.75, 3.05) is 19.4 Å². The molecule has 1 unspecified atom stereocenters. The van der Waals surface area contributed by atoms with Gasteiger partial charge < -0.3 is 20.7 Å². The van der Waals surface area contributed by atoms with Crippen LogP contribution in [0.3, 0.4) is 0 Å². The third-order valence-corrected chi connectivity index (χ3v) is 7.64. The molecule has 1 aliphatic rings. The van der Waals surface area contributed by atoms with Gasteiger partial charge in [-0.1, -0.05) is 35.9 Å². The van der Waals surface area contributed by atoms with Gasteiger partial charge in [0.2, 0.25) is 0 Å². The second kappa shape index (κ2) is 11.8. The fourth-order valence-electron chi connectivity index (χ4n) is 5.44. The fraction of sp³-hybridized carbons (Fsp3) is 0.310. The Morgan fingerprint density at radius 2 is 1.95 bits per heavy atom. The molecule has 3 N–H and O–H groups in total. The largest absolute Gasteiger partial charge is 0.496 e. The smallest absolute Gasteiger partial charge is 0.347 e. The topological polar surface area (TPSA) is 172 Å². The molecule has 6 rings (SSSR count). The van der Waals surface area contributed by atoms with Crippen molar-refractivity contribution in [3.63, 3.8) is 0 Å². The van der Waals surface area contributed by atoms with Gasteiger partial charge in [0.25, 0.3) is 5.91 Å². The quantitative estimate of drug-likeness (QED) is 0.272. The number of hydrogen-bond donors (Lipinski definition) is 2. The number of ether oxygens (including phenoxy) is 1. The zero-order valence-electron chi connectivity index (χ0n) is 23.8. The number of nitrogen functional groups attached to an aromatic ring is 1. The third kappa shape index (κ3) is 5.58. The van der Waals surface area contributed by atoms with E-state index in [9.17, 15) is 9.59 Å². The summed E-state index contributed by atoms with van der Waals surface area (Å²) < 4.78 is 8.29. The Bertz CT molecular complexity index is 1770. The lowest BCUT2D eigenvalue weighted by Gasteiger charge is -2.35. The van der Waals surface area contributed by atoms with Crippen molar-refractivity contribution < 1.29 is 14.3 Å². The zero-order chi connectivity index (χ0) is 29.9. The van der Waals surface area contributed by atoms with E-state index in [0.29, 0.717) is 53.5 Å². The molecule has 0 radical (unpaired) electrons. The molecule has 1 fully saturated rings. The first kappa shape index (κ1) is 27.8. The molecule has 5 aromatic rings. The van der Waals surface area contributed by atoms with Gasteiger partial charge in [-0.3, -0.25) is 4.79 Å². The number of aryl methyl sites for hydroxylation is 1. The predicted octanol–water partition coefficient (Wildman–Crippen LogP) is 2.83. The standard InChI is InChI=1S/C29H31N11O3/c1-18-6-11-23(43-2)22(13-18)28(41)31-14-19-7-9-20(10-8-19)25-24-26(30)32-16-33-27(24)39(35-25)15-21-5-3-4-12-38(21)29(42)40-17-34-36-37-40/h6-11,13,16-17,21H,3-5,12,14-15H2,1-2H3,(H,31,41)(H2,30,32,33). The van der Waals surface area contributed by atoms with Gasteiger partial charge in [-0.25, -0.2) is 19.4 Å². The minimum Gasteiger partial charge on any atom is -0.496 e. The van der Waals surface area contributed by atoms with Crippen molar-refractivity contribution in [1.29, 1.82) is 0 Å². The van der Waals surface area contributed by atoms with E-state index in [2.05, 4.69) is 30.8 Å². The Kier molecular flexibility index (Phi) is 7.64. The number of nitrogens with two attached hydrogens (primary N) is 1. The van der Waals surface area contributed by atoms with E-state index < -0.39 is 0 Å². The SMILES string of the molecule is COc1ccc(C)cc1C(=O)NCc1ccc(-c2nn(CC3CCCCN3C(=O)n3cnnn3)c3ncnc(N)c23)cc1. The molecule has 1 atom stereocenters. The number of hydrogen-bond acceptors (Lipinski definition) is 10. The number of methoxy groups -OCH3 is 1. The maximum Gasteiger partial charge on any atom is 0.347 e. The number of carbonyl (C=O) groups excluding carboxylic acids is 2. The van der Waals surface area contributed by atoms with Crippen LogP contribution in [0.1, 0.15) is 40.7 Å². The summed E-state index contributed by atoms with van der Waals surface area (Å²) in [5.74, 6) is 0.631. The number of benzene rings is 2. The monoisotopic (exact) mass is 581 g/mol. The number of carbonyl (C=O) groups is 2. The summed E-state index contributed by atoms with van der Waals surface area (Å²) in [7, 11) is 1.55. The fourth-order valence-corrected chi connectivity index (χ4v) is 5.44. The summed E-state index contributed by atoms with van der Waals surface area (Å²) >= 11 is 0. The highest BCUT2D eigenvalue weighted by Crippen LogP contribution is 2.31. The van der Waals surface area contributed by atoms with Crippen LogP contribution in [0, 0.1) is 6.92 Å². The Balaban J connectivity index is 1.23. The molecule has 220 valence electrons. The van der Waals surface area contributed by atoms with Crippen LogP contribution in [0.15, 0.2) is 55.1 Å². The van der Waals surface area contributed by atoms with Gasteiger partial charge in [0.05, 0.1) is 30.6 Å². The van der Waals surface area contributed by atoms with E-state index in [4.69, 9.17) is 15.6 Å². The van der Waals surface area contributed by atoms with E-state index in [1.807, 2.05) is 37.3 Å². The van der Waals surface area contributed by atoms with Gasteiger partial charge >= 0.3 is 6.03 Å². The van der Waals surface area contributed by atoms with Crippen molar-refractivity contribution in [2.24, 2.45) is 0 Å². The molecule has 0 spiro atoms. The van der Waals surface area contributed by atoms with Gasteiger partial charge in [0.1, 0.15) is 29.9 Å². The molecule has 2 amide bonds. The highest BCUT2D eigenvalue weighted by Gasteiger charge is 2.30. The summed E-state index contributed by atoms with van der Waals surface area (Å²) in [5.41, 5.74) is 10.8.